The van der Waals surface area contributed by atoms with E-state index in [0.717, 1.165) is 11.8 Å². The van der Waals surface area contributed by atoms with Crippen molar-refractivity contribution in [3.63, 3.8) is 0 Å². The minimum Gasteiger partial charge on any atom is -0.0966 e. The molecule has 0 amide bonds. The first-order valence-corrected chi connectivity index (χ1v) is 12.8. The predicted molar refractivity (Wildman–Crippen MR) is 104 cm³/mol. The molecule has 3 aliphatic carbocycles. The van der Waals surface area contributed by atoms with Gasteiger partial charge in [0.05, 0.1) is 0 Å². The molecule has 0 aromatic heterocycles. The zero-order chi connectivity index (χ0) is 15.5. The molecular weight excluding hydrogens is 295 g/mol. The Morgan fingerprint density at radius 2 is 0.783 bits per heavy atom. The summed E-state index contributed by atoms with van der Waals surface area (Å²) in [4.78, 5) is 0. The first-order chi connectivity index (χ1) is 11.4. The van der Waals surface area contributed by atoms with Crippen molar-refractivity contribution < 1.29 is 0 Å². The quantitative estimate of drug-likeness (QED) is 0.469. The maximum Gasteiger partial charge on any atom is -0.0176 e. The topological polar surface area (TPSA) is 0 Å². The molecule has 4 fully saturated rings. The van der Waals surface area contributed by atoms with E-state index in [2.05, 4.69) is 0 Å². The summed E-state index contributed by atoms with van der Waals surface area (Å²) in [5, 5.41) is 0. The Labute approximate surface area is 146 Å². The molecule has 1 heterocycles. The van der Waals surface area contributed by atoms with Crippen molar-refractivity contribution in [2.75, 3.05) is 0 Å². The van der Waals surface area contributed by atoms with Crippen molar-refractivity contribution in [1.29, 1.82) is 0 Å². The van der Waals surface area contributed by atoms with Crippen molar-refractivity contribution in [1.82, 2.24) is 0 Å². The van der Waals surface area contributed by atoms with E-state index in [1.54, 1.807) is 96.3 Å². The van der Waals surface area contributed by atoms with E-state index in [1.165, 1.54) is 29.8 Å². The lowest BCUT2D eigenvalue weighted by Crippen LogP contribution is -2.28. The van der Waals surface area contributed by atoms with Gasteiger partial charge in [-0.05, 0) is 80.2 Å². The van der Waals surface area contributed by atoms with Crippen LogP contribution in [0, 0.1) is 11.8 Å². The monoisotopic (exact) mass is 334 g/mol. The third kappa shape index (κ3) is 3.83. The highest BCUT2D eigenvalue weighted by Gasteiger charge is 2.46. The zero-order valence-electron chi connectivity index (χ0n) is 15.4. The van der Waals surface area contributed by atoms with Crippen LogP contribution in [0.25, 0.3) is 0 Å². The highest BCUT2D eigenvalue weighted by atomic mass is 31.1. The van der Waals surface area contributed by atoms with Gasteiger partial charge >= 0.3 is 0 Å². The molecule has 3 saturated carbocycles. The Balaban J connectivity index is 1.50. The lowest BCUT2D eigenvalue weighted by molar-refractivity contribution is 0.332. The maximum atomic E-state index is 1.65. The summed E-state index contributed by atoms with van der Waals surface area (Å²) in [6.07, 6.45) is 26.9. The Morgan fingerprint density at radius 1 is 0.391 bits per heavy atom. The molecule has 0 radical (unpaired) electrons. The molecule has 132 valence electrons. The van der Waals surface area contributed by atoms with Gasteiger partial charge in [0.1, 0.15) is 0 Å². The average molecular weight is 335 g/mol. The second-order valence-electron chi connectivity index (χ2n) is 9.25. The van der Waals surface area contributed by atoms with E-state index < -0.39 is 0 Å². The van der Waals surface area contributed by atoms with E-state index in [-0.39, 0.29) is 0 Å². The van der Waals surface area contributed by atoms with E-state index in [1.807, 2.05) is 0 Å². The summed E-state index contributed by atoms with van der Waals surface area (Å²) in [6, 6.07) is 0. The zero-order valence-corrected chi connectivity index (χ0v) is 16.2. The summed E-state index contributed by atoms with van der Waals surface area (Å²) in [5.41, 5.74) is 3.61. The molecule has 0 aromatic carbocycles. The minimum absolute atomic E-state index is 0.364. The Kier molecular flexibility index (Phi) is 6.02. The summed E-state index contributed by atoms with van der Waals surface area (Å²) >= 11 is 0. The molecule has 0 aromatic rings. The Morgan fingerprint density at radius 3 is 1.22 bits per heavy atom. The van der Waals surface area contributed by atoms with Crippen LogP contribution in [0.4, 0.5) is 0 Å². The first kappa shape index (κ1) is 16.9. The van der Waals surface area contributed by atoms with Crippen molar-refractivity contribution in [2.24, 2.45) is 11.8 Å². The van der Waals surface area contributed by atoms with Crippen molar-refractivity contribution in [3.05, 3.63) is 0 Å². The third-order valence-electron chi connectivity index (χ3n) is 7.91. The second-order valence-corrected chi connectivity index (χ2v) is 12.2. The van der Waals surface area contributed by atoms with Crippen LogP contribution < -0.4 is 0 Å². The van der Waals surface area contributed by atoms with Crippen LogP contribution in [0.1, 0.15) is 109 Å². The van der Waals surface area contributed by atoms with Crippen molar-refractivity contribution in [2.45, 2.75) is 126 Å². The predicted octanol–water partition coefficient (Wildman–Crippen LogP) is 7.49. The largest absolute Gasteiger partial charge is 0.0966 e. The molecule has 0 N–H and O–H groups in total. The molecule has 0 bridgehead atoms. The Bertz CT molecular complexity index is 321. The summed E-state index contributed by atoms with van der Waals surface area (Å²) in [7, 11) is 0.364. The summed E-state index contributed by atoms with van der Waals surface area (Å²) in [5.74, 6) is 2.32. The molecule has 4 aliphatic rings. The third-order valence-corrected chi connectivity index (χ3v) is 12.2. The fourth-order valence-electron chi connectivity index (χ4n) is 6.80. The lowest BCUT2D eigenvalue weighted by Gasteiger charge is -2.43. The van der Waals surface area contributed by atoms with Gasteiger partial charge < -0.3 is 0 Å². The van der Waals surface area contributed by atoms with Crippen LogP contribution in [0.2, 0.25) is 0 Å². The fraction of sp³-hybridized carbons (Fsp3) is 1.00. The molecule has 2 unspecified atom stereocenters. The van der Waals surface area contributed by atoms with Crippen LogP contribution in [0.15, 0.2) is 0 Å². The van der Waals surface area contributed by atoms with Gasteiger partial charge in [0.25, 0.3) is 0 Å². The van der Waals surface area contributed by atoms with Gasteiger partial charge in [-0.25, -0.2) is 0 Å². The van der Waals surface area contributed by atoms with Gasteiger partial charge in [0, 0.05) is 0 Å². The highest BCUT2D eigenvalue weighted by Crippen LogP contribution is 2.67. The summed E-state index contributed by atoms with van der Waals surface area (Å²) in [6.45, 7) is 0. The lowest BCUT2D eigenvalue weighted by atomic mass is 9.83. The van der Waals surface area contributed by atoms with Crippen LogP contribution in [0.3, 0.4) is 0 Å². The van der Waals surface area contributed by atoms with Gasteiger partial charge in [-0.15, -0.1) is 0 Å². The maximum absolute atomic E-state index is 1.65. The fourth-order valence-corrected chi connectivity index (χ4v) is 11.8. The van der Waals surface area contributed by atoms with E-state index in [9.17, 15) is 0 Å². The molecular formula is C22H39P. The van der Waals surface area contributed by atoms with E-state index in [4.69, 9.17) is 0 Å². The molecule has 1 heteroatoms. The van der Waals surface area contributed by atoms with Crippen molar-refractivity contribution in [3.8, 4) is 0 Å². The number of hydrogen-bond acceptors (Lipinski definition) is 0. The van der Waals surface area contributed by atoms with Gasteiger partial charge in [0.2, 0.25) is 0 Å². The standard InChI is InChI=1S/C22H39P/c1-4-10-18(11-5-1)21-16-17-22(19-12-6-2-7-13-19)23(21)20-14-8-3-9-15-20/h18-22H,1-17H2. The van der Waals surface area contributed by atoms with Gasteiger partial charge in [-0.1, -0.05) is 65.7 Å². The van der Waals surface area contributed by atoms with Gasteiger partial charge in [-0.2, -0.15) is 0 Å². The second kappa shape index (κ2) is 8.21. The molecule has 1 saturated heterocycles. The smallest absolute Gasteiger partial charge is 0.0176 e. The van der Waals surface area contributed by atoms with Gasteiger partial charge in [0.15, 0.2) is 0 Å². The van der Waals surface area contributed by atoms with Crippen LogP contribution in [-0.2, 0) is 0 Å². The highest BCUT2D eigenvalue weighted by molar-refractivity contribution is 7.60. The molecule has 1 aliphatic heterocycles. The first-order valence-electron chi connectivity index (χ1n) is 11.2. The van der Waals surface area contributed by atoms with Crippen LogP contribution >= 0.6 is 7.92 Å². The van der Waals surface area contributed by atoms with Gasteiger partial charge in [-0.3, -0.25) is 0 Å². The molecule has 2 atom stereocenters. The number of hydrogen-bond donors (Lipinski definition) is 0. The van der Waals surface area contributed by atoms with Crippen LogP contribution in [-0.4, -0.2) is 17.0 Å². The normalized spacial score (nSPS) is 38.9. The van der Waals surface area contributed by atoms with E-state index >= 15 is 0 Å². The molecule has 23 heavy (non-hydrogen) atoms. The molecule has 4 rings (SSSR count). The summed E-state index contributed by atoms with van der Waals surface area (Å²) < 4.78 is 0. The average Bonchev–Trinajstić information content (AvgIpc) is 3.09. The SMILES string of the molecule is C1CCC(C2CCC(C3CCCCC3)P2C2CCCCC2)CC1. The molecule has 0 spiro atoms. The van der Waals surface area contributed by atoms with E-state index in [0.29, 0.717) is 7.92 Å². The molecule has 0 nitrogen and oxygen atoms in total. The van der Waals surface area contributed by atoms with Crippen LogP contribution in [0.5, 0.6) is 0 Å². The van der Waals surface area contributed by atoms with Crippen molar-refractivity contribution >= 4 is 7.92 Å². The minimum atomic E-state index is 0.364. The number of rotatable bonds is 3. The Hall–Kier alpha value is 0.430.